The summed E-state index contributed by atoms with van der Waals surface area (Å²) in [5, 5.41) is 7.24. The largest absolute Gasteiger partial charge is 0.466 e. The van der Waals surface area contributed by atoms with Gasteiger partial charge in [0.05, 0.1) is 36.1 Å². The Bertz CT molecular complexity index is 574. The molecule has 2 heterocycles. The minimum absolute atomic E-state index is 0.0305. The van der Waals surface area contributed by atoms with Crippen LogP contribution in [0.3, 0.4) is 0 Å². The molecule has 2 rings (SSSR count). The molecule has 0 atom stereocenters. The van der Waals surface area contributed by atoms with Gasteiger partial charge in [-0.1, -0.05) is 0 Å². The first-order chi connectivity index (χ1) is 10.9. The fourth-order valence-electron chi connectivity index (χ4n) is 2.92. The van der Waals surface area contributed by atoms with Crippen LogP contribution in [0.2, 0.25) is 0 Å². The molecule has 1 N–H and O–H groups in total. The number of nitrogens with one attached hydrogen (secondary N) is 1. The first-order valence-corrected chi connectivity index (χ1v) is 8.11. The Labute approximate surface area is 137 Å². The number of likely N-dealkylation sites (tertiary alicyclic amines) is 1. The third kappa shape index (κ3) is 4.31. The average molecular weight is 322 g/mol. The van der Waals surface area contributed by atoms with E-state index in [1.54, 1.807) is 4.68 Å². The van der Waals surface area contributed by atoms with Gasteiger partial charge in [0.15, 0.2) is 0 Å². The van der Waals surface area contributed by atoms with E-state index in [0.717, 1.165) is 43.0 Å². The molecular weight excluding hydrogens is 296 g/mol. The van der Waals surface area contributed by atoms with Crippen LogP contribution in [0.15, 0.2) is 0 Å². The molecule has 1 aliphatic rings. The van der Waals surface area contributed by atoms with Crippen LogP contribution in [0.1, 0.15) is 31.2 Å². The lowest BCUT2D eigenvalue weighted by Crippen LogP contribution is -2.41. The van der Waals surface area contributed by atoms with Crippen LogP contribution in [0, 0.1) is 19.8 Å². The molecule has 0 aliphatic carbocycles. The highest BCUT2D eigenvalue weighted by molar-refractivity contribution is 5.93. The fraction of sp³-hybridized carbons (Fsp3) is 0.688. The maximum atomic E-state index is 12.2. The second-order valence-electron chi connectivity index (χ2n) is 6.02. The van der Waals surface area contributed by atoms with Crippen LogP contribution in [0.4, 0.5) is 5.69 Å². The van der Waals surface area contributed by atoms with Crippen LogP contribution in [0.5, 0.6) is 0 Å². The quantitative estimate of drug-likeness (QED) is 0.826. The molecule has 0 bridgehead atoms. The number of amides is 1. The molecule has 1 fully saturated rings. The van der Waals surface area contributed by atoms with Crippen molar-refractivity contribution in [3.63, 3.8) is 0 Å². The first kappa shape index (κ1) is 17.5. The van der Waals surface area contributed by atoms with Crippen molar-refractivity contribution in [2.75, 3.05) is 31.6 Å². The number of nitrogens with zero attached hydrogens (tertiary/aromatic N) is 3. The van der Waals surface area contributed by atoms with E-state index in [9.17, 15) is 9.59 Å². The summed E-state index contributed by atoms with van der Waals surface area (Å²) in [7, 11) is 1.86. The van der Waals surface area contributed by atoms with Gasteiger partial charge in [-0.2, -0.15) is 5.10 Å². The standard InChI is InChI=1S/C16H26N4O3/c1-5-23-16(22)13-6-8-20(9-7-13)10-14(21)17-15-11(2)18-19(4)12(15)3/h13H,5-10H2,1-4H3,(H,17,21). The molecule has 23 heavy (non-hydrogen) atoms. The van der Waals surface area contributed by atoms with E-state index in [-0.39, 0.29) is 17.8 Å². The smallest absolute Gasteiger partial charge is 0.309 e. The molecule has 128 valence electrons. The number of hydrogen-bond acceptors (Lipinski definition) is 5. The number of piperidine rings is 1. The fourth-order valence-corrected chi connectivity index (χ4v) is 2.92. The van der Waals surface area contributed by atoms with Crippen LogP contribution in [-0.4, -0.2) is 52.8 Å². The van der Waals surface area contributed by atoms with Gasteiger partial charge in [0.25, 0.3) is 0 Å². The highest BCUT2D eigenvalue weighted by Gasteiger charge is 2.27. The van der Waals surface area contributed by atoms with Crippen molar-refractivity contribution in [1.82, 2.24) is 14.7 Å². The van der Waals surface area contributed by atoms with Crippen molar-refractivity contribution in [2.24, 2.45) is 13.0 Å². The van der Waals surface area contributed by atoms with E-state index in [1.165, 1.54) is 0 Å². The van der Waals surface area contributed by atoms with Crippen molar-refractivity contribution in [1.29, 1.82) is 0 Å². The Morgan fingerprint density at radius 2 is 1.96 bits per heavy atom. The van der Waals surface area contributed by atoms with Crippen LogP contribution < -0.4 is 5.32 Å². The summed E-state index contributed by atoms with van der Waals surface area (Å²) < 4.78 is 6.82. The van der Waals surface area contributed by atoms with Gasteiger partial charge in [0.2, 0.25) is 5.91 Å². The molecule has 0 unspecified atom stereocenters. The van der Waals surface area contributed by atoms with Gasteiger partial charge in [0, 0.05) is 7.05 Å². The van der Waals surface area contributed by atoms with Gasteiger partial charge in [-0.05, 0) is 46.7 Å². The zero-order valence-electron chi connectivity index (χ0n) is 14.4. The highest BCUT2D eigenvalue weighted by atomic mass is 16.5. The Morgan fingerprint density at radius 1 is 1.30 bits per heavy atom. The van der Waals surface area contributed by atoms with Gasteiger partial charge in [-0.15, -0.1) is 0 Å². The summed E-state index contributed by atoms with van der Waals surface area (Å²) >= 11 is 0. The molecular formula is C16H26N4O3. The molecule has 7 heteroatoms. The van der Waals surface area contributed by atoms with Crippen molar-refractivity contribution in [3.8, 4) is 0 Å². The highest BCUT2D eigenvalue weighted by Crippen LogP contribution is 2.20. The van der Waals surface area contributed by atoms with Crippen LogP contribution >= 0.6 is 0 Å². The van der Waals surface area contributed by atoms with E-state index in [0.29, 0.717) is 13.2 Å². The summed E-state index contributed by atoms with van der Waals surface area (Å²) in [5.74, 6) is -0.186. The van der Waals surface area contributed by atoms with E-state index < -0.39 is 0 Å². The zero-order valence-corrected chi connectivity index (χ0v) is 14.4. The monoisotopic (exact) mass is 322 g/mol. The lowest BCUT2D eigenvalue weighted by Gasteiger charge is -2.30. The number of aryl methyl sites for hydroxylation is 2. The van der Waals surface area contributed by atoms with Gasteiger partial charge in [-0.25, -0.2) is 0 Å². The molecule has 0 saturated carbocycles. The summed E-state index contributed by atoms with van der Waals surface area (Å²) in [6, 6.07) is 0. The van der Waals surface area contributed by atoms with E-state index in [4.69, 9.17) is 4.74 Å². The number of aromatic nitrogens is 2. The first-order valence-electron chi connectivity index (χ1n) is 8.11. The lowest BCUT2D eigenvalue weighted by molar-refractivity contribution is -0.149. The molecule has 1 saturated heterocycles. The Hall–Kier alpha value is -1.89. The maximum absolute atomic E-state index is 12.2. The topological polar surface area (TPSA) is 76.5 Å². The lowest BCUT2D eigenvalue weighted by atomic mass is 9.97. The summed E-state index contributed by atoms with van der Waals surface area (Å²) in [5.41, 5.74) is 2.55. The molecule has 0 radical (unpaired) electrons. The van der Waals surface area contributed by atoms with Crippen LogP contribution in [-0.2, 0) is 21.4 Å². The molecule has 1 aromatic rings. The van der Waals surface area contributed by atoms with E-state index in [2.05, 4.69) is 15.3 Å². The normalized spacial score (nSPS) is 16.3. The van der Waals surface area contributed by atoms with Crippen molar-refractivity contribution in [3.05, 3.63) is 11.4 Å². The minimum Gasteiger partial charge on any atom is -0.466 e. The number of carbonyl (C=O) groups is 2. The number of anilines is 1. The summed E-state index contributed by atoms with van der Waals surface area (Å²) in [6.07, 6.45) is 1.49. The SMILES string of the molecule is CCOC(=O)C1CCN(CC(=O)Nc2c(C)nn(C)c2C)CC1. The van der Waals surface area contributed by atoms with Gasteiger partial charge in [0.1, 0.15) is 0 Å². The number of esters is 1. The maximum Gasteiger partial charge on any atom is 0.309 e. The molecule has 0 spiro atoms. The van der Waals surface area contributed by atoms with E-state index >= 15 is 0 Å². The van der Waals surface area contributed by atoms with Crippen LogP contribution in [0.25, 0.3) is 0 Å². The predicted octanol–water partition coefficient (Wildman–Crippen LogP) is 1.25. The average Bonchev–Trinajstić information content (AvgIpc) is 2.74. The predicted molar refractivity (Wildman–Crippen MR) is 87.1 cm³/mol. The zero-order chi connectivity index (χ0) is 17.0. The van der Waals surface area contributed by atoms with Gasteiger partial charge in [-0.3, -0.25) is 19.2 Å². The Balaban J connectivity index is 1.82. The third-order valence-corrected chi connectivity index (χ3v) is 4.35. The summed E-state index contributed by atoms with van der Waals surface area (Å²) in [4.78, 5) is 26.0. The van der Waals surface area contributed by atoms with Crippen molar-refractivity contribution in [2.45, 2.75) is 33.6 Å². The number of carbonyl (C=O) groups excluding carboxylic acids is 2. The van der Waals surface area contributed by atoms with E-state index in [1.807, 2.05) is 27.8 Å². The summed E-state index contributed by atoms with van der Waals surface area (Å²) in [6.45, 7) is 7.87. The molecule has 1 amide bonds. The van der Waals surface area contributed by atoms with Crippen molar-refractivity contribution < 1.29 is 14.3 Å². The Kier molecular flexibility index (Phi) is 5.76. The Morgan fingerprint density at radius 3 is 2.48 bits per heavy atom. The second kappa shape index (κ2) is 7.59. The number of rotatable bonds is 5. The van der Waals surface area contributed by atoms with Crippen molar-refractivity contribution >= 4 is 17.6 Å². The second-order valence-corrected chi connectivity index (χ2v) is 6.02. The van der Waals surface area contributed by atoms with Gasteiger partial charge >= 0.3 is 5.97 Å². The molecule has 7 nitrogen and oxygen atoms in total. The molecule has 1 aliphatic heterocycles. The number of hydrogen-bond donors (Lipinski definition) is 1. The molecule has 0 aromatic carbocycles. The minimum atomic E-state index is -0.113. The third-order valence-electron chi connectivity index (χ3n) is 4.35. The van der Waals surface area contributed by atoms with Gasteiger partial charge < -0.3 is 10.1 Å². The molecule has 1 aromatic heterocycles. The number of ether oxygens (including phenoxy) is 1.